The number of carbonyl (C=O) groups excluding carboxylic acids is 1. The van der Waals surface area contributed by atoms with Crippen molar-refractivity contribution < 1.29 is 9.32 Å². The molecule has 3 heterocycles. The molecule has 0 fully saturated rings. The Kier molecular flexibility index (Phi) is 4.67. The van der Waals surface area contributed by atoms with Gasteiger partial charge in [-0.25, -0.2) is 9.97 Å². The predicted octanol–water partition coefficient (Wildman–Crippen LogP) is 3.69. The molecule has 8 heteroatoms. The van der Waals surface area contributed by atoms with Gasteiger partial charge < -0.3 is 9.84 Å². The minimum Gasteiger partial charge on any atom is -0.334 e. The first-order chi connectivity index (χ1) is 13.6. The molecule has 0 unspecified atom stereocenters. The van der Waals surface area contributed by atoms with Crippen LogP contribution in [0.4, 0.5) is 5.69 Å². The second-order valence-corrected chi connectivity index (χ2v) is 6.47. The molecule has 0 aliphatic rings. The van der Waals surface area contributed by atoms with E-state index in [1.807, 2.05) is 50.2 Å². The van der Waals surface area contributed by atoms with E-state index in [1.54, 1.807) is 23.0 Å². The Labute approximate surface area is 161 Å². The molecule has 0 radical (unpaired) electrons. The van der Waals surface area contributed by atoms with Crippen molar-refractivity contribution in [2.75, 3.05) is 5.32 Å². The Morgan fingerprint density at radius 1 is 1.11 bits per heavy atom. The Morgan fingerprint density at radius 3 is 2.68 bits per heavy atom. The number of nitrogens with one attached hydrogen (secondary N) is 1. The standard InChI is InChI=1S/C20H18N6O2/c1-13(2)17-24-20(28-25-17)15-9-6-10-21-18(15)26-11-16(22-12-26)19(27)23-14-7-4-3-5-8-14/h3-13H,1-2H3,(H,23,27). The van der Waals surface area contributed by atoms with Crippen LogP contribution in [0.1, 0.15) is 36.1 Å². The summed E-state index contributed by atoms with van der Waals surface area (Å²) in [6.45, 7) is 3.98. The van der Waals surface area contributed by atoms with Crippen LogP contribution in [-0.4, -0.2) is 30.6 Å². The van der Waals surface area contributed by atoms with Gasteiger partial charge in [-0.1, -0.05) is 37.2 Å². The lowest BCUT2D eigenvalue weighted by Crippen LogP contribution is -2.12. The van der Waals surface area contributed by atoms with Gasteiger partial charge in [-0.3, -0.25) is 9.36 Å². The van der Waals surface area contributed by atoms with Crippen LogP contribution in [0, 0.1) is 0 Å². The number of anilines is 1. The number of para-hydroxylation sites is 1. The number of benzene rings is 1. The maximum atomic E-state index is 12.4. The molecule has 1 aromatic carbocycles. The highest BCUT2D eigenvalue weighted by Gasteiger charge is 2.18. The van der Waals surface area contributed by atoms with Crippen molar-refractivity contribution >= 4 is 11.6 Å². The van der Waals surface area contributed by atoms with E-state index in [4.69, 9.17) is 4.52 Å². The molecule has 28 heavy (non-hydrogen) atoms. The van der Waals surface area contributed by atoms with E-state index >= 15 is 0 Å². The Morgan fingerprint density at radius 2 is 1.93 bits per heavy atom. The second-order valence-electron chi connectivity index (χ2n) is 6.47. The van der Waals surface area contributed by atoms with Crippen LogP contribution in [0.2, 0.25) is 0 Å². The summed E-state index contributed by atoms with van der Waals surface area (Å²) in [5, 5.41) is 6.81. The van der Waals surface area contributed by atoms with Crippen molar-refractivity contribution in [1.29, 1.82) is 0 Å². The Bertz CT molecular complexity index is 1100. The number of aromatic nitrogens is 5. The van der Waals surface area contributed by atoms with E-state index in [1.165, 1.54) is 6.33 Å². The SMILES string of the molecule is CC(C)c1noc(-c2cccnc2-n2cnc(C(=O)Nc3ccccc3)c2)n1. The summed E-state index contributed by atoms with van der Waals surface area (Å²) in [6.07, 6.45) is 4.80. The molecular weight excluding hydrogens is 356 g/mol. The average molecular weight is 374 g/mol. The summed E-state index contributed by atoms with van der Waals surface area (Å²) in [6, 6.07) is 12.8. The highest BCUT2D eigenvalue weighted by molar-refractivity contribution is 6.02. The molecule has 0 spiro atoms. The number of imidazole rings is 1. The Hall–Kier alpha value is -3.81. The average Bonchev–Trinajstić information content (AvgIpc) is 3.39. The van der Waals surface area contributed by atoms with E-state index in [0.717, 1.165) is 0 Å². The molecule has 8 nitrogen and oxygen atoms in total. The van der Waals surface area contributed by atoms with E-state index in [-0.39, 0.29) is 17.5 Å². The van der Waals surface area contributed by atoms with Crippen LogP contribution in [0.25, 0.3) is 17.3 Å². The molecule has 0 aliphatic heterocycles. The van der Waals surface area contributed by atoms with Crippen LogP contribution in [0.15, 0.2) is 65.7 Å². The van der Waals surface area contributed by atoms with Crippen LogP contribution in [0.5, 0.6) is 0 Å². The monoisotopic (exact) mass is 374 g/mol. The Balaban J connectivity index is 1.63. The molecule has 4 rings (SSSR count). The van der Waals surface area contributed by atoms with Gasteiger partial charge in [0.05, 0.1) is 5.56 Å². The minimum absolute atomic E-state index is 0.152. The van der Waals surface area contributed by atoms with Gasteiger partial charge >= 0.3 is 0 Å². The number of pyridine rings is 1. The quantitative estimate of drug-likeness (QED) is 0.572. The van der Waals surface area contributed by atoms with Gasteiger partial charge in [0.2, 0.25) is 0 Å². The summed E-state index contributed by atoms with van der Waals surface area (Å²) in [4.78, 5) is 25.5. The second kappa shape index (κ2) is 7.43. The fraction of sp³-hybridized carbons (Fsp3) is 0.150. The number of hydrogen-bond donors (Lipinski definition) is 1. The van der Waals surface area contributed by atoms with Gasteiger partial charge in [0, 0.05) is 24.0 Å². The largest absolute Gasteiger partial charge is 0.334 e. The fourth-order valence-electron chi connectivity index (χ4n) is 2.62. The summed E-state index contributed by atoms with van der Waals surface area (Å²) >= 11 is 0. The zero-order valence-electron chi connectivity index (χ0n) is 15.4. The van der Waals surface area contributed by atoms with Crippen LogP contribution in [-0.2, 0) is 0 Å². The molecule has 0 aliphatic carbocycles. The van der Waals surface area contributed by atoms with Crippen LogP contribution >= 0.6 is 0 Å². The third-order valence-electron chi connectivity index (χ3n) is 4.07. The van der Waals surface area contributed by atoms with Crippen molar-refractivity contribution in [2.24, 2.45) is 0 Å². The zero-order valence-corrected chi connectivity index (χ0v) is 15.4. The van der Waals surface area contributed by atoms with Crippen molar-refractivity contribution in [2.45, 2.75) is 19.8 Å². The maximum absolute atomic E-state index is 12.4. The first-order valence-corrected chi connectivity index (χ1v) is 8.81. The number of nitrogens with zero attached hydrogens (tertiary/aromatic N) is 5. The molecule has 0 saturated heterocycles. The molecule has 140 valence electrons. The van der Waals surface area contributed by atoms with E-state index < -0.39 is 0 Å². The normalized spacial score (nSPS) is 11.0. The maximum Gasteiger partial charge on any atom is 0.275 e. The fourth-order valence-corrected chi connectivity index (χ4v) is 2.62. The van der Waals surface area contributed by atoms with Crippen LogP contribution < -0.4 is 5.32 Å². The summed E-state index contributed by atoms with van der Waals surface area (Å²) < 4.78 is 7.05. The number of amides is 1. The molecule has 0 atom stereocenters. The number of carbonyl (C=O) groups is 1. The smallest absolute Gasteiger partial charge is 0.275 e. The lowest BCUT2D eigenvalue weighted by molar-refractivity contribution is 0.102. The third kappa shape index (κ3) is 3.52. The van der Waals surface area contributed by atoms with Crippen molar-refractivity contribution in [3.63, 3.8) is 0 Å². The van der Waals surface area contributed by atoms with Crippen molar-refractivity contribution in [1.82, 2.24) is 24.7 Å². The van der Waals surface area contributed by atoms with Gasteiger partial charge in [0.1, 0.15) is 12.0 Å². The van der Waals surface area contributed by atoms with Gasteiger partial charge in [-0.05, 0) is 24.3 Å². The van der Waals surface area contributed by atoms with Gasteiger partial charge in [0.15, 0.2) is 11.6 Å². The zero-order chi connectivity index (χ0) is 19.5. The van der Waals surface area contributed by atoms with Gasteiger partial charge in [0.25, 0.3) is 11.8 Å². The van der Waals surface area contributed by atoms with E-state index in [0.29, 0.717) is 28.8 Å². The van der Waals surface area contributed by atoms with E-state index in [9.17, 15) is 4.79 Å². The molecule has 3 aromatic heterocycles. The van der Waals surface area contributed by atoms with Crippen LogP contribution in [0.3, 0.4) is 0 Å². The summed E-state index contributed by atoms with van der Waals surface area (Å²) in [5.41, 5.74) is 1.64. The molecule has 1 N–H and O–H groups in total. The molecule has 4 aromatic rings. The predicted molar refractivity (Wildman–Crippen MR) is 103 cm³/mol. The van der Waals surface area contributed by atoms with Crippen molar-refractivity contribution in [3.05, 3.63) is 72.7 Å². The highest BCUT2D eigenvalue weighted by Crippen LogP contribution is 2.25. The molecule has 0 saturated carbocycles. The lowest BCUT2D eigenvalue weighted by Gasteiger charge is -2.05. The molecule has 0 bridgehead atoms. The minimum atomic E-state index is -0.303. The lowest BCUT2D eigenvalue weighted by atomic mass is 10.2. The molecule has 1 amide bonds. The molecular formula is C20H18N6O2. The van der Waals surface area contributed by atoms with Gasteiger partial charge in [-0.2, -0.15) is 4.98 Å². The highest BCUT2D eigenvalue weighted by atomic mass is 16.5. The third-order valence-corrected chi connectivity index (χ3v) is 4.07. The summed E-state index contributed by atoms with van der Waals surface area (Å²) in [5.74, 6) is 1.39. The number of rotatable bonds is 5. The van der Waals surface area contributed by atoms with E-state index in [2.05, 4.69) is 25.4 Å². The topological polar surface area (TPSA) is 98.7 Å². The number of hydrogen-bond acceptors (Lipinski definition) is 6. The summed E-state index contributed by atoms with van der Waals surface area (Å²) in [7, 11) is 0. The first-order valence-electron chi connectivity index (χ1n) is 8.81. The first kappa shape index (κ1) is 17.6. The van der Waals surface area contributed by atoms with Gasteiger partial charge in [-0.15, -0.1) is 0 Å². The van der Waals surface area contributed by atoms with Crippen molar-refractivity contribution in [3.8, 4) is 17.3 Å².